The van der Waals surface area contributed by atoms with Gasteiger partial charge in [0.25, 0.3) is 0 Å². The van der Waals surface area contributed by atoms with Crippen LogP contribution in [0.15, 0.2) is 17.9 Å². The van der Waals surface area contributed by atoms with Crippen LogP contribution in [0.2, 0.25) is 0 Å². The standard InChI is InChI=1S/C23H32O4/c1-6-16-10-14(4)9-15(5)19(16)20-21(24)17-11-23(27-8-3,13-26-7-2)12-18(17)22(20)25/h9-10,17-18,24H,6-8,11-13H2,1-5H3. The van der Waals surface area contributed by atoms with E-state index in [-0.39, 0.29) is 23.4 Å². The summed E-state index contributed by atoms with van der Waals surface area (Å²) in [6.07, 6.45) is 2.09. The second-order valence-electron chi connectivity index (χ2n) is 7.97. The first-order valence-electron chi connectivity index (χ1n) is 10.2. The summed E-state index contributed by atoms with van der Waals surface area (Å²) in [5.74, 6) is -0.0516. The third-order valence-corrected chi connectivity index (χ3v) is 6.07. The Bertz CT molecular complexity index is 764. The lowest BCUT2D eigenvalue weighted by Crippen LogP contribution is -2.36. The maximum absolute atomic E-state index is 13.4. The minimum atomic E-state index is -0.467. The van der Waals surface area contributed by atoms with Crippen LogP contribution in [-0.2, 0) is 20.7 Å². The Hall–Kier alpha value is -1.65. The van der Waals surface area contributed by atoms with Gasteiger partial charge in [0.15, 0.2) is 5.78 Å². The van der Waals surface area contributed by atoms with E-state index >= 15 is 0 Å². The highest BCUT2D eigenvalue weighted by atomic mass is 16.5. The first kappa shape index (κ1) is 20.1. The Labute approximate surface area is 162 Å². The van der Waals surface area contributed by atoms with Gasteiger partial charge in [-0.3, -0.25) is 4.79 Å². The molecule has 1 aromatic carbocycles. The van der Waals surface area contributed by atoms with Crippen molar-refractivity contribution in [2.75, 3.05) is 19.8 Å². The molecule has 4 heteroatoms. The van der Waals surface area contributed by atoms with Crippen LogP contribution in [-0.4, -0.2) is 36.3 Å². The number of aryl methyl sites for hydroxylation is 3. The number of benzene rings is 1. The molecule has 0 radical (unpaired) electrons. The maximum Gasteiger partial charge on any atom is 0.170 e. The fourth-order valence-corrected chi connectivity index (χ4v) is 5.04. The van der Waals surface area contributed by atoms with Crippen LogP contribution < -0.4 is 0 Å². The zero-order chi connectivity index (χ0) is 19.8. The van der Waals surface area contributed by atoms with Gasteiger partial charge in [-0.2, -0.15) is 0 Å². The highest BCUT2D eigenvalue weighted by Gasteiger charge is 2.55. The molecule has 3 rings (SSSR count). The van der Waals surface area contributed by atoms with Crippen molar-refractivity contribution in [1.82, 2.24) is 0 Å². The van der Waals surface area contributed by atoms with Crippen molar-refractivity contribution in [3.05, 3.63) is 40.1 Å². The van der Waals surface area contributed by atoms with Crippen LogP contribution in [0.4, 0.5) is 0 Å². The molecule has 3 atom stereocenters. The molecule has 2 aliphatic carbocycles. The Kier molecular flexibility index (Phi) is 5.78. The summed E-state index contributed by atoms with van der Waals surface area (Å²) in [6, 6.07) is 4.22. The van der Waals surface area contributed by atoms with Crippen LogP contribution in [0.25, 0.3) is 5.57 Å². The summed E-state index contributed by atoms with van der Waals surface area (Å²) < 4.78 is 11.7. The van der Waals surface area contributed by atoms with Gasteiger partial charge in [-0.05, 0) is 63.6 Å². The number of fused-ring (bicyclic) bond motifs is 1. The van der Waals surface area contributed by atoms with E-state index in [1.165, 1.54) is 5.56 Å². The molecule has 148 valence electrons. The van der Waals surface area contributed by atoms with Gasteiger partial charge in [0.1, 0.15) is 5.76 Å². The predicted molar refractivity (Wildman–Crippen MR) is 107 cm³/mol. The fourth-order valence-electron chi connectivity index (χ4n) is 5.04. The lowest BCUT2D eigenvalue weighted by molar-refractivity contribution is -0.119. The van der Waals surface area contributed by atoms with Crippen molar-refractivity contribution >= 4 is 11.4 Å². The molecule has 0 saturated heterocycles. The molecule has 4 nitrogen and oxygen atoms in total. The van der Waals surface area contributed by atoms with Gasteiger partial charge in [0, 0.05) is 25.0 Å². The molecule has 3 unspecified atom stereocenters. The topological polar surface area (TPSA) is 55.8 Å². The smallest absolute Gasteiger partial charge is 0.170 e. The molecule has 0 amide bonds. The molecule has 1 aromatic rings. The van der Waals surface area contributed by atoms with Gasteiger partial charge in [-0.1, -0.05) is 24.6 Å². The van der Waals surface area contributed by atoms with E-state index < -0.39 is 5.60 Å². The molecular formula is C23H32O4. The first-order chi connectivity index (χ1) is 12.9. The fraction of sp³-hybridized carbons (Fsp3) is 0.609. The van der Waals surface area contributed by atoms with E-state index in [0.29, 0.717) is 38.2 Å². The zero-order valence-electron chi connectivity index (χ0n) is 17.2. The summed E-state index contributed by atoms with van der Waals surface area (Å²) in [6.45, 7) is 11.8. The van der Waals surface area contributed by atoms with Crippen LogP contribution in [0, 0.1) is 25.7 Å². The third kappa shape index (κ3) is 3.45. The number of allylic oxidation sites excluding steroid dienone is 2. The molecule has 0 spiro atoms. The zero-order valence-corrected chi connectivity index (χ0v) is 17.2. The summed E-state index contributed by atoms with van der Waals surface area (Å²) in [4.78, 5) is 13.4. The molecule has 1 fully saturated rings. The number of Topliss-reactive ketones (excluding diaryl/α,β-unsaturated/α-hetero) is 1. The van der Waals surface area contributed by atoms with Crippen LogP contribution in [0.1, 0.15) is 55.9 Å². The number of ether oxygens (including phenoxy) is 2. The van der Waals surface area contributed by atoms with E-state index in [2.05, 4.69) is 26.0 Å². The molecule has 0 aliphatic heterocycles. The molecule has 0 bridgehead atoms. The van der Waals surface area contributed by atoms with Crippen molar-refractivity contribution in [3.63, 3.8) is 0 Å². The summed E-state index contributed by atoms with van der Waals surface area (Å²) in [5.41, 5.74) is 4.39. The molecule has 27 heavy (non-hydrogen) atoms. The average molecular weight is 373 g/mol. The number of ketones is 1. The second-order valence-corrected chi connectivity index (χ2v) is 7.97. The van der Waals surface area contributed by atoms with E-state index in [1.807, 2.05) is 20.8 Å². The maximum atomic E-state index is 13.4. The van der Waals surface area contributed by atoms with Gasteiger partial charge < -0.3 is 14.6 Å². The summed E-state index contributed by atoms with van der Waals surface area (Å²) in [5, 5.41) is 11.1. The van der Waals surface area contributed by atoms with Crippen molar-refractivity contribution in [2.45, 2.75) is 59.5 Å². The average Bonchev–Trinajstić information content (AvgIpc) is 3.10. The van der Waals surface area contributed by atoms with Crippen LogP contribution in [0.3, 0.4) is 0 Å². The SMILES string of the molecule is CCOCC1(OCC)CC2C(=O)C(c3c(C)cc(C)cc3CC)=C(O)C2C1. The number of aliphatic hydroxyl groups is 1. The van der Waals surface area contributed by atoms with E-state index in [1.54, 1.807) is 0 Å². The van der Waals surface area contributed by atoms with Gasteiger partial charge in [-0.15, -0.1) is 0 Å². The Morgan fingerprint density at radius 2 is 1.81 bits per heavy atom. The number of carbonyl (C=O) groups is 1. The monoisotopic (exact) mass is 372 g/mol. The molecule has 1 N–H and O–H groups in total. The first-order valence-corrected chi connectivity index (χ1v) is 10.2. The third-order valence-electron chi connectivity index (χ3n) is 6.07. The Morgan fingerprint density at radius 3 is 2.41 bits per heavy atom. The number of hydrogen-bond donors (Lipinski definition) is 1. The van der Waals surface area contributed by atoms with Gasteiger partial charge in [0.05, 0.1) is 17.8 Å². The largest absolute Gasteiger partial charge is 0.511 e. The van der Waals surface area contributed by atoms with E-state index in [0.717, 1.165) is 23.1 Å². The van der Waals surface area contributed by atoms with Gasteiger partial charge >= 0.3 is 0 Å². The highest BCUT2D eigenvalue weighted by molar-refractivity contribution is 6.25. The lowest BCUT2D eigenvalue weighted by atomic mass is 9.88. The molecule has 0 heterocycles. The number of rotatable bonds is 7. The number of aliphatic hydroxyl groups excluding tert-OH is 1. The summed E-state index contributed by atoms with van der Waals surface area (Å²) in [7, 11) is 0. The minimum Gasteiger partial charge on any atom is -0.511 e. The lowest BCUT2D eigenvalue weighted by Gasteiger charge is -2.29. The summed E-state index contributed by atoms with van der Waals surface area (Å²) >= 11 is 0. The van der Waals surface area contributed by atoms with Gasteiger partial charge in [0.2, 0.25) is 0 Å². The second kappa shape index (κ2) is 7.76. The van der Waals surface area contributed by atoms with E-state index in [4.69, 9.17) is 9.47 Å². The molecular weight excluding hydrogens is 340 g/mol. The number of hydrogen-bond acceptors (Lipinski definition) is 4. The van der Waals surface area contributed by atoms with Crippen LogP contribution in [0.5, 0.6) is 0 Å². The molecule has 2 aliphatic rings. The molecule has 0 aromatic heterocycles. The van der Waals surface area contributed by atoms with Crippen molar-refractivity contribution in [1.29, 1.82) is 0 Å². The number of carbonyl (C=O) groups excluding carboxylic acids is 1. The van der Waals surface area contributed by atoms with Gasteiger partial charge in [-0.25, -0.2) is 0 Å². The van der Waals surface area contributed by atoms with Crippen molar-refractivity contribution < 1.29 is 19.4 Å². The minimum absolute atomic E-state index is 0.0669. The van der Waals surface area contributed by atoms with Crippen molar-refractivity contribution in [2.24, 2.45) is 11.8 Å². The highest BCUT2D eigenvalue weighted by Crippen LogP contribution is 2.53. The van der Waals surface area contributed by atoms with Crippen molar-refractivity contribution in [3.8, 4) is 0 Å². The van der Waals surface area contributed by atoms with Crippen LogP contribution >= 0.6 is 0 Å². The Balaban J connectivity index is 2.00. The Morgan fingerprint density at radius 1 is 1.11 bits per heavy atom. The normalized spacial score (nSPS) is 27.5. The quantitative estimate of drug-likeness (QED) is 0.762. The predicted octanol–water partition coefficient (Wildman–Crippen LogP) is 4.56. The molecule has 1 saturated carbocycles. The van der Waals surface area contributed by atoms with E-state index in [9.17, 15) is 9.90 Å².